The highest BCUT2D eigenvalue weighted by Gasteiger charge is 2.30. The van der Waals surface area contributed by atoms with Gasteiger partial charge in [0.2, 0.25) is 5.78 Å². The number of rotatable bonds is 3. The lowest BCUT2D eigenvalue weighted by Crippen LogP contribution is -2.55. The highest BCUT2D eigenvalue weighted by Crippen LogP contribution is 2.21. The molecule has 1 saturated heterocycles. The standard InChI is InChI=1S/C16H16ClN3O3/c1-10-18-12-6-4-5-11(17)15(12)16(23)20(10)19-8-3-2-7-13(19)14(22)9-21/h4-6,9,13H,2-3,7-8H2,1H3. The Morgan fingerprint density at radius 1 is 1.39 bits per heavy atom. The van der Waals surface area contributed by atoms with Crippen LogP contribution in [0.3, 0.4) is 0 Å². The lowest BCUT2D eigenvalue weighted by molar-refractivity contribution is -0.131. The maximum atomic E-state index is 12.9. The number of aromatic nitrogens is 2. The summed E-state index contributed by atoms with van der Waals surface area (Å²) in [5.41, 5.74) is 0.204. The van der Waals surface area contributed by atoms with Crippen LogP contribution >= 0.6 is 11.6 Å². The highest BCUT2D eigenvalue weighted by atomic mass is 35.5. The Morgan fingerprint density at radius 2 is 2.17 bits per heavy atom. The average Bonchev–Trinajstić information content (AvgIpc) is 2.54. The topological polar surface area (TPSA) is 72.3 Å². The smallest absolute Gasteiger partial charge is 0.281 e. The minimum Gasteiger partial charge on any atom is -0.297 e. The first-order valence-electron chi connectivity index (χ1n) is 7.48. The lowest BCUT2D eigenvalue weighted by Gasteiger charge is -2.37. The van der Waals surface area contributed by atoms with Crippen molar-refractivity contribution in [3.05, 3.63) is 39.4 Å². The van der Waals surface area contributed by atoms with Gasteiger partial charge in [0.15, 0.2) is 6.29 Å². The monoisotopic (exact) mass is 333 g/mol. The van der Waals surface area contributed by atoms with Crippen molar-refractivity contribution in [2.45, 2.75) is 32.2 Å². The molecular formula is C16H16ClN3O3. The highest BCUT2D eigenvalue weighted by molar-refractivity contribution is 6.35. The van der Waals surface area contributed by atoms with Crippen molar-refractivity contribution in [1.29, 1.82) is 0 Å². The van der Waals surface area contributed by atoms with E-state index in [0.29, 0.717) is 41.0 Å². The zero-order valence-corrected chi connectivity index (χ0v) is 13.4. The molecule has 1 aliphatic heterocycles. The van der Waals surface area contributed by atoms with Crippen LogP contribution in [-0.4, -0.2) is 34.3 Å². The molecule has 1 unspecified atom stereocenters. The Labute approximate surface area is 137 Å². The van der Waals surface area contributed by atoms with Gasteiger partial charge in [0.05, 0.1) is 15.9 Å². The zero-order chi connectivity index (χ0) is 16.6. The summed E-state index contributed by atoms with van der Waals surface area (Å²) in [6.45, 7) is 2.22. The van der Waals surface area contributed by atoms with Crippen molar-refractivity contribution in [2.75, 3.05) is 11.6 Å². The van der Waals surface area contributed by atoms with Crippen LogP contribution in [0, 0.1) is 6.92 Å². The molecule has 0 saturated carbocycles. The second kappa shape index (κ2) is 6.12. The fourth-order valence-electron chi connectivity index (χ4n) is 3.12. The normalized spacial score (nSPS) is 18.2. The van der Waals surface area contributed by atoms with Crippen molar-refractivity contribution >= 4 is 34.6 Å². The number of aryl methyl sites for hydroxylation is 1. The van der Waals surface area contributed by atoms with E-state index in [1.165, 1.54) is 4.68 Å². The zero-order valence-electron chi connectivity index (χ0n) is 12.7. The van der Waals surface area contributed by atoms with Gasteiger partial charge in [-0.3, -0.25) is 19.4 Å². The SMILES string of the molecule is Cc1nc2cccc(Cl)c2c(=O)n1N1CCCCC1C(=O)C=O. The predicted octanol–water partition coefficient (Wildman–Crippen LogP) is 1.62. The summed E-state index contributed by atoms with van der Waals surface area (Å²) in [5.74, 6) is -0.0504. The van der Waals surface area contributed by atoms with Gasteiger partial charge in [0, 0.05) is 6.54 Å². The summed E-state index contributed by atoms with van der Waals surface area (Å²) >= 11 is 6.16. The largest absolute Gasteiger partial charge is 0.297 e. The molecule has 0 aliphatic carbocycles. The van der Waals surface area contributed by atoms with Gasteiger partial charge >= 0.3 is 0 Å². The van der Waals surface area contributed by atoms with E-state index in [2.05, 4.69) is 4.98 Å². The molecule has 120 valence electrons. The number of halogens is 1. The van der Waals surface area contributed by atoms with Gasteiger partial charge in [-0.15, -0.1) is 0 Å². The van der Waals surface area contributed by atoms with Gasteiger partial charge in [-0.2, -0.15) is 0 Å². The summed E-state index contributed by atoms with van der Waals surface area (Å²) in [5, 5.41) is 2.29. The fraction of sp³-hybridized carbons (Fsp3) is 0.375. The lowest BCUT2D eigenvalue weighted by atomic mass is 10.0. The molecule has 7 heteroatoms. The minimum absolute atomic E-state index is 0.316. The number of Topliss-reactive ketones (excluding diaryl/α,β-unsaturated/α-hetero) is 1. The summed E-state index contributed by atoms with van der Waals surface area (Å²) in [4.78, 5) is 40.2. The van der Waals surface area contributed by atoms with Crippen molar-refractivity contribution < 1.29 is 9.59 Å². The third kappa shape index (κ3) is 2.63. The molecule has 0 radical (unpaired) electrons. The molecular weight excluding hydrogens is 318 g/mol. The third-order valence-electron chi connectivity index (χ3n) is 4.16. The quantitative estimate of drug-likeness (QED) is 0.630. The number of ketones is 1. The summed E-state index contributed by atoms with van der Waals surface area (Å²) in [6.07, 6.45) is 2.56. The number of carbonyl (C=O) groups excluding carboxylic acids is 2. The number of nitrogens with zero attached hydrogens (tertiary/aromatic N) is 3. The first-order valence-corrected chi connectivity index (χ1v) is 7.86. The van der Waals surface area contributed by atoms with E-state index in [-0.39, 0.29) is 5.56 Å². The summed E-state index contributed by atoms with van der Waals surface area (Å²) < 4.78 is 1.39. The van der Waals surface area contributed by atoms with Crippen LogP contribution in [0.2, 0.25) is 5.02 Å². The van der Waals surface area contributed by atoms with Crippen LogP contribution in [0.1, 0.15) is 25.1 Å². The van der Waals surface area contributed by atoms with Crippen LogP contribution in [0.25, 0.3) is 10.9 Å². The van der Waals surface area contributed by atoms with Crippen LogP contribution in [0.15, 0.2) is 23.0 Å². The molecule has 2 aromatic rings. The van der Waals surface area contributed by atoms with Crippen molar-refractivity contribution in [3.8, 4) is 0 Å². The number of hydrogen-bond donors (Lipinski definition) is 0. The van der Waals surface area contributed by atoms with Crippen molar-refractivity contribution in [3.63, 3.8) is 0 Å². The molecule has 3 rings (SSSR count). The maximum Gasteiger partial charge on any atom is 0.281 e. The molecule has 1 fully saturated rings. The van der Waals surface area contributed by atoms with Gasteiger partial charge in [0.1, 0.15) is 11.9 Å². The van der Waals surface area contributed by atoms with Gasteiger partial charge in [-0.25, -0.2) is 9.66 Å². The Balaban J connectivity index is 2.22. The van der Waals surface area contributed by atoms with Crippen molar-refractivity contribution in [1.82, 2.24) is 9.66 Å². The van der Waals surface area contributed by atoms with Crippen LogP contribution in [0.4, 0.5) is 0 Å². The number of aldehydes is 1. The van der Waals surface area contributed by atoms with Crippen LogP contribution in [-0.2, 0) is 9.59 Å². The molecule has 0 N–H and O–H groups in total. The summed E-state index contributed by atoms with van der Waals surface area (Å²) in [6, 6.07) is 4.47. The van der Waals surface area contributed by atoms with Crippen LogP contribution in [0.5, 0.6) is 0 Å². The predicted molar refractivity (Wildman–Crippen MR) is 87.5 cm³/mol. The first-order chi connectivity index (χ1) is 11.0. The Hall–Kier alpha value is -2.21. The van der Waals surface area contributed by atoms with Crippen molar-refractivity contribution in [2.24, 2.45) is 0 Å². The molecule has 6 nitrogen and oxygen atoms in total. The molecule has 2 heterocycles. The molecule has 23 heavy (non-hydrogen) atoms. The Morgan fingerprint density at radius 3 is 2.91 bits per heavy atom. The molecule has 1 aromatic heterocycles. The molecule has 1 aliphatic rings. The fourth-order valence-corrected chi connectivity index (χ4v) is 3.37. The van der Waals surface area contributed by atoms with Gasteiger partial charge in [0.25, 0.3) is 5.56 Å². The minimum atomic E-state index is -0.626. The van der Waals surface area contributed by atoms with E-state index >= 15 is 0 Å². The van der Waals surface area contributed by atoms with E-state index in [4.69, 9.17) is 11.6 Å². The number of benzene rings is 1. The van der Waals surface area contributed by atoms with E-state index in [0.717, 1.165) is 12.8 Å². The van der Waals surface area contributed by atoms with E-state index in [9.17, 15) is 14.4 Å². The number of piperidine rings is 1. The molecule has 1 atom stereocenters. The summed E-state index contributed by atoms with van der Waals surface area (Å²) in [7, 11) is 0. The number of carbonyl (C=O) groups is 2. The van der Waals surface area contributed by atoms with E-state index in [1.807, 2.05) is 0 Å². The van der Waals surface area contributed by atoms with Gasteiger partial charge in [-0.05, 0) is 38.3 Å². The van der Waals surface area contributed by atoms with E-state index < -0.39 is 11.8 Å². The third-order valence-corrected chi connectivity index (χ3v) is 4.48. The van der Waals surface area contributed by atoms with Gasteiger partial charge in [-0.1, -0.05) is 17.7 Å². The average molecular weight is 334 g/mol. The Bertz CT molecular complexity index is 846. The molecule has 1 aromatic carbocycles. The Kier molecular flexibility index (Phi) is 4.17. The van der Waals surface area contributed by atoms with E-state index in [1.54, 1.807) is 30.1 Å². The molecule has 0 amide bonds. The second-order valence-corrected chi connectivity index (χ2v) is 6.01. The van der Waals surface area contributed by atoms with Gasteiger partial charge < -0.3 is 0 Å². The maximum absolute atomic E-state index is 12.9. The first kappa shape index (κ1) is 15.7. The van der Waals surface area contributed by atoms with Crippen LogP contribution < -0.4 is 10.6 Å². The molecule has 0 spiro atoms. The molecule has 0 bridgehead atoms. The number of fused-ring (bicyclic) bond motifs is 1. The number of hydrogen-bond acceptors (Lipinski definition) is 5. The second-order valence-electron chi connectivity index (χ2n) is 5.60.